The lowest BCUT2D eigenvalue weighted by molar-refractivity contribution is -0.146. The smallest absolute Gasteiger partial charge is 0.408 e. The molecule has 9 nitrogen and oxygen atoms in total. The molecule has 0 heterocycles. The molecule has 0 bridgehead atoms. The number of nitrogens with zero attached hydrogens (tertiary/aromatic N) is 1. The van der Waals surface area contributed by atoms with Crippen LogP contribution in [-0.4, -0.2) is 52.2 Å². The molecule has 3 aromatic carbocycles. The van der Waals surface area contributed by atoms with Gasteiger partial charge in [0.2, 0.25) is 5.91 Å². The van der Waals surface area contributed by atoms with Crippen molar-refractivity contribution < 1.29 is 29.0 Å². The van der Waals surface area contributed by atoms with Crippen molar-refractivity contribution in [2.45, 2.75) is 71.2 Å². The maximum absolute atomic E-state index is 14.7. The fraction of sp³-hybridized carbons (Fsp3) is 0.343. The minimum Gasteiger partial charge on any atom is -0.508 e. The van der Waals surface area contributed by atoms with E-state index in [1.54, 1.807) is 88.5 Å². The molecule has 0 aromatic heterocycles. The fourth-order valence-corrected chi connectivity index (χ4v) is 4.68. The molecular weight excluding hydrogens is 558 g/mol. The molecule has 3 rings (SSSR count). The normalized spacial score (nSPS) is 12.7. The lowest BCUT2D eigenvalue weighted by Gasteiger charge is -2.43. The number of nitrogens with one attached hydrogen (secondary N) is 2. The van der Waals surface area contributed by atoms with Gasteiger partial charge in [0.25, 0.3) is 5.91 Å². The molecule has 3 amide bonds. The average molecular weight is 600 g/mol. The zero-order valence-corrected chi connectivity index (χ0v) is 26.3. The third-order valence-electron chi connectivity index (χ3n) is 6.60. The number of amides is 3. The van der Waals surface area contributed by atoms with Crippen LogP contribution in [0, 0.1) is 12.3 Å². The number of rotatable bonds is 9. The van der Waals surface area contributed by atoms with Crippen molar-refractivity contribution in [2.24, 2.45) is 0 Å². The van der Waals surface area contributed by atoms with Gasteiger partial charge < -0.3 is 30.1 Å². The minimum atomic E-state index is -1.18. The number of terminal acetylenes is 1. The molecule has 44 heavy (non-hydrogen) atoms. The van der Waals surface area contributed by atoms with Crippen LogP contribution in [0.25, 0.3) is 0 Å². The summed E-state index contributed by atoms with van der Waals surface area (Å²) in [6.07, 6.45) is 5.14. The second kappa shape index (κ2) is 14.0. The molecule has 232 valence electrons. The zero-order chi connectivity index (χ0) is 32.7. The van der Waals surface area contributed by atoms with Gasteiger partial charge in [0.1, 0.15) is 29.2 Å². The molecule has 2 atom stereocenters. The van der Waals surface area contributed by atoms with E-state index in [9.17, 15) is 19.5 Å². The number of aromatic hydroxyl groups is 1. The Morgan fingerprint density at radius 1 is 0.932 bits per heavy atom. The number of hydrogen-bond acceptors (Lipinski definition) is 6. The molecule has 0 aliphatic rings. The van der Waals surface area contributed by atoms with Crippen LogP contribution < -0.4 is 15.4 Å². The highest BCUT2D eigenvalue weighted by atomic mass is 16.6. The molecule has 0 radical (unpaired) electrons. The molecule has 0 spiro atoms. The summed E-state index contributed by atoms with van der Waals surface area (Å²) in [4.78, 5) is 43.3. The first-order chi connectivity index (χ1) is 20.6. The van der Waals surface area contributed by atoms with Gasteiger partial charge >= 0.3 is 6.09 Å². The summed E-state index contributed by atoms with van der Waals surface area (Å²) in [5, 5.41) is 15.4. The topological polar surface area (TPSA) is 117 Å². The summed E-state index contributed by atoms with van der Waals surface area (Å²) < 4.78 is 10.7. The van der Waals surface area contributed by atoms with Crippen molar-refractivity contribution in [3.63, 3.8) is 0 Å². The monoisotopic (exact) mass is 599 g/mol. The predicted octanol–water partition coefficient (Wildman–Crippen LogP) is 5.83. The minimum absolute atomic E-state index is 0.0640. The maximum atomic E-state index is 14.7. The van der Waals surface area contributed by atoms with Crippen molar-refractivity contribution in [2.75, 3.05) is 12.4 Å². The number of phenolic OH excluding ortho intramolecular Hbond substituents is 1. The van der Waals surface area contributed by atoms with Gasteiger partial charge in [-0.05, 0) is 95.1 Å². The van der Waals surface area contributed by atoms with E-state index in [-0.39, 0.29) is 12.2 Å². The highest BCUT2D eigenvalue weighted by Gasteiger charge is 2.42. The highest BCUT2D eigenvalue weighted by Crippen LogP contribution is 2.33. The highest BCUT2D eigenvalue weighted by molar-refractivity contribution is 5.99. The van der Waals surface area contributed by atoms with Gasteiger partial charge in [-0.25, -0.2) is 4.79 Å². The Balaban J connectivity index is 2.14. The number of phenols is 1. The van der Waals surface area contributed by atoms with Crippen LogP contribution in [0.2, 0.25) is 0 Å². The van der Waals surface area contributed by atoms with Crippen molar-refractivity contribution >= 4 is 23.6 Å². The third-order valence-corrected chi connectivity index (χ3v) is 6.60. The molecule has 0 aliphatic heterocycles. The van der Waals surface area contributed by atoms with Gasteiger partial charge in [-0.1, -0.05) is 36.3 Å². The number of ether oxygens (including phenoxy) is 2. The van der Waals surface area contributed by atoms with E-state index in [1.807, 2.05) is 20.8 Å². The summed E-state index contributed by atoms with van der Waals surface area (Å²) in [5.74, 6) is 2.30. The van der Waals surface area contributed by atoms with Crippen molar-refractivity contribution in [3.8, 4) is 23.8 Å². The molecule has 0 saturated heterocycles. The Hall–Kier alpha value is -4.97. The van der Waals surface area contributed by atoms with Crippen LogP contribution >= 0.6 is 0 Å². The molecule has 0 aliphatic carbocycles. The van der Waals surface area contributed by atoms with Crippen molar-refractivity contribution in [3.05, 3.63) is 89.5 Å². The molecular formula is C35H41N3O6. The van der Waals surface area contributed by atoms with E-state index >= 15 is 0 Å². The molecule has 3 N–H and O–H groups in total. The first-order valence-corrected chi connectivity index (χ1v) is 14.2. The van der Waals surface area contributed by atoms with Gasteiger partial charge in [0.15, 0.2) is 0 Å². The Labute approximate surface area is 259 Å². The van der Waals surface area contributed by atoms with Gasteiger partial charge in [-0.15, -0.1) is 6.42 Å². The molecule has 0 saturated carbocycles. The first-order valence-electron chi connectivity index (χ1n) is 14.2. The van der Waals surface area contributed by atoms with Gasteiger partial charge in [0, 0.05) is 23.2 Å². The molecule has 0 fully saturated rings. The van der Waals surface area contributed by atoms with Crippen LogP contribution in [0.5, 0.6) is 11.5 Å². The molecule has 2 unspecified atom stereocenters. The molecule has 3 aromatic rings. The largest absolute Gasteiger partial charge is 0.508 e. The molecule has 9 heteroatoms. The van der Waals surface area contributed by atoms with E-state index in [0.717, 1.165) is 0 Å². The SMILES string of the molecule is C#Cc1ccccc1C(C(=O)Nc1ccc(OC)cc1)N(C(=O)C(Cc1ccc(O)cc1)NC(=O)OC(C)(C)C)C(C)(C)C. The predicted molar refractivity (Wildman–Crippen MR) is 170 cm³/mol. The van der Waals surface area contributed by atoms with E-state index in [1.165, 1.54) is 17.0 Å². The number of carbonyl (C=O) groups excluding carboxylic acids is 3. The number of anilines is 1. The summed E-state index contributed by atoms with van der Waals surface area (Å²) in [7, 11) is 1.55. The van der Waals surface area contributed by atoms with Gasteiger partial charge in [0.05, 0.1) is 7.11 Å². The maximum Gasteiger partial charge on any atom is 0.408 e. The van der Waals surface area contributed by atoms with Crippen LogP contribution in [0.1, 0.15) is 64.3 Å². The lowest BCUT2D eigenvalue weighted by atomic mass is 9.92. The number of alkyl carbamates (subject to hydrolysis) is 1. The van der Waals surface area contributed by atoms with Gasteiger partial charge in [-0.2, -0.15) is 0 Å². The van der Waals surface area contributed by atoms with Crippen molar-refractivity contribution in [1.29, 1.82) is 0 Å². The standard InChI is InChI=1S/C35H41N3O6/c1-9-24-12-10-11-13-28(24)30(31(40)36-25-16-20-27(43-8)21-17-25)38(34(2,3)4)32(41)29(37-33(42)44-35(5,6)7)22-23-14-18-26(39)19-15-23/h1,10-21,29-30,39H,22H2,2-8H3,(H,36,40)(H,37,42). The summed E-state index contributed by atoms with van der Waals surface area (Å²) in [5.41, 5.74) is 0.322. The van der Waals surface area contributed by atoms with Crippen molar-refractivity contribution in [1.82, 2.24) is 10.2 Å². The summed E-state index contributed by atoms with van der Waals surface area (Å²) in [6, 6.07) is 17.8. The number of hydrogen-bond donors (Lipinski definition) is 3. The number of methoxy groups -OCH3 is 1. The fourth-order valence-electron chi connectivity index (χ4n) is 4.68. The second-order valence-electron chi connectivity index (χ2n) is 12.3. The summed E-state index contributed by atoms with van der Waals surface area (Å²) in [6.45, 7) is 10.6. The average Bonchev–Trinajstić information content (AvgIpc) is 2.95. The second-order valence-corrected chi connectivity index (χ2v) is 12.3. The third kappa shape index (κ3) is 9.01. The zero-order valence-electron chi connectivity index (χ0n) is 26.3. The van der Waals surface area contributed by atoms with Gasteiger partial charge in [-0.3, -0.25) is 9.59 Å². The quantitative estimate of drug-likeness (QED) is 0.267. The Kier molecular flexibility index (Phi) is 10.7. The lowest BCUT2D eigenvalue weighted by Crippen LogP contribution is -2.58. The van der Waals surface area contributed by atoms with E-state index < -0.39 is 41.1 Å². The van der Waals surface area contributed by atoms with E-state index in [4.69, 9.17) is 15.9 Å². The number of benzene rings is 3. The number of carbonyl (C=O) groups is 3. The summed E-state index contributed by atoms with van der Waals surface area (Å²) >= 11 is 0. The first kappa shape index (κ1) is 33.5. The Bertz CT molecular complexity index is 1500. The Morgan fingerprint density at radius 3 is 2.09 bits per heavy atom. The van der Waals surface area contributed by atoms with E-state index in [0.29, 0.717) is 28.1 Å². The van der Waals surface area contributed by atoms with Crippen LogP contribution in [0.15, 0.2) is 72.8 Å². The van der Waals surface area contributed by atoms with Crippen LogP contribution in [0.3, 0.4) is 0 Å². The van der Waals surface area contributed by atoms with Crippen LogP contribution in [-0.2, 0) is 20.7 Å². The Morgan fingerprint density at radius 2 is 1.55 bits per heavy atom. The van der Waals surface area contributed by atoms with Crippen LogP contribution in [0.4, 0.5) is 10.5 Å². The van der Waals surface area contributed by atoms with E-state index in [2.05, 4.69) is 16.6 Å².